The fourth-order valence-electron chi connectivity index (χ4n) is 2.07. The molecule has 0 N–H and O–H groups in total. The molecule has 2 aromatic rings. The van der Waals surface area contributed by atoms with E-state index >= 15 is 0 Å². The van der Waals surface area contributed by atoms with E-state index in [0.29, 0.717) is 13.2 Å². The first kappa shape index (κ1) is 9.54. The molecule has 0 amide bonds. The quantitative estimate of drug-likeness (QED) is 0.704. The molecule has 0 radical (unpaired) electrons. The molecule has 4 heteroatoms. The minimum atomic E-state index is -0.439. The summed E-state index contributed by atoms with van der Waals surface area (Å²) in [5.74, 6) is 0. The molecule has 16 heavy (non-hydrogen) atoms. The lowest BCUT2D eigenvalue weighted by molar-refractivity contribution is -0.129. The fourth-order valence-corrected chi connectivity index (χ4v) is 2.07. The number of carbonyl (C=O) groups excluding carboxylic acids is 1. The number of hydrogen-bond acceptors (Lipinski definition) is 3. The average Bonchev–Trinajstić information content (AvgIpc) is 2.60. The Morgan fingerprint density at radius 3 is 2.94 bits per heavy atom. The number of nitrogens with zero attached hydrogens (tertiary/aromatic N) is 2. The third-order valence-electron chi connectivity index (χ3n) is 3.25. The maximum atomic E-state index is 11.1. The fraction of sp³-hybridized carbons (Fsp3) is 0.333. The number of hydrogen-bond donors (Lipinski definition) is 0. The second-order valence-corrected chi connectivity index (χ2v) is 4.33. The lowest BCUT2D eigenvalue weighted by Gasteiger charge is -2.36. The Morgan fingerprint density at radius 1 is 1.50 bits per heavy atom. The lowest BCUT2D eigenvalue weighted by atomic mass is 9.80. The van der Waals surface area contributed by atoms with Crippen LogP contribution in [0.4, 0.5) is 0 Å². The number of aryl methyl sites for hydroxylation is 1. The van der Waals surface area contributed by atoms with Crippen molar-refractivity contribution in [3.05, 3.63) is 30.1 Å². The van der Waals surface area contributed by atoms with Gasteiger partial charge in [0.25, 0.3) is 0 Å². The van der Waals surface area contributed by atoms with E-state index in [1.54, 1.807) is 6.33 Å². The zero-order chi connectivity index (χ0) is 11.2. The largest absolute Gasteiger partial charge is 0.379 e. The molecule has 1 fully saturated rings. The van der Waals surface area contributed by atoms with Crippen LogP contribution in [0.3, 0.4) is 0 Å². The number of imidazole rings is 1. The number of aromatic nitrogens is 2. The maximum absolute atomic E-state index is 11.1. The zero-order valence-electron chi connectivity index (χ0n) is 9.01. The molecule has 0 saturated carbocycles. The number of carbonyl (C=O) groups is 1. The maximum Gasteiger partial charge on any atom is 0.135 e. The molecule has 2 heterocycles. The molecule has 82 valence electrons. The van der Waals surface area contributed by atoms with Gasteiger partial charge in [-0.2, -0.15) is 0 Å². The summed E-state index contributed by atoms with van der Waals surface area (Å²) in [5, 5.41) is 0. The summed E-state index contributed by atoms with van der Waals surface area (Å²) in [7, 11) is 1.96. The molecule has 0 unspecified atom stereocenters. The van der Waals surface area contributed by atoms with Crippen LogP contribution in [-0.4, -0.2) is 29.1 Å². The predicted molar refractivity (Wildman–Crippen MR) is 59.3 cm³/mol. The molecule has 0 spiro atoms. The Labute approximate surface area is 92.8 Å². The SMILES string of the molecule is Cn1cnc2cc(C3(C=O)COC3)ccc21. The molecule has 1 aliphatic heterocycles. The highest BCUT2D eigenvalue weighted by Gasteiger charge is 2.40. The number of aldehydes is 1. The van der Waals surface area contributed by atoms with Gasteiger partial charge >= 0.3 is 0 Å². The summed E-state index contributed by atoms with van der Waals surface area (Å²) in [4.78, 5) is 15.4. The van der Waals surface area contributed by atoms with E-state index in [-0.39, 0.29) is 0 Å². The van der Waals surface area contributed by atoms with Crippen molar-refractivity contribution in [3.8, 4) is 0 Å². The summed E-state index contributed by atoms with van der Waals surface area (Å²) in [6, 6.07) is 5.97. The number of benzene rings is 1. The molecule has 0 bridgehead atoms. The monoisotopic (exact) mass is 216 g/mol. The minimum Gasteiger partial charge on any atom is -0.379 e. The van der Waals surface area contributed by atoms with Crippen molar-refractivity contribution in [2.45, 2.75) is 5.41 Å². The van der Waals surface area contributed by atoms with Crippen LogP contribution in [0.2, 0.25) is 0 Å². The van der Waals surface area contributed by atoms with Crippen LogP contribution < -0.4 is 0 Å². The molecule has 1 aromatic heterocycles. The van der Waals surface area contributed by atoms with Crippen molar-refractivity contribution in [3.63, 3.8) is 0 Å². The van der Waals surface area contributed by atoms with Crippen molar-refractivity contribution >= 4 is 17.3 Å². The topological polar surface area (TPSA) is 44.1 Å². The Balaban J connectivity index is 2.14. The van der Waals surface area contributed by atoms with Gasteiger partial charge in [-0.1, -0.05) is 6.07 Å². The summed E-state index contributed by atoms with van der Waals surface area (Å²) >= 11 is 0. The van der Waals surface area contributed by atoms with Crippen LogP contribution in [0.1, 0.15) is 5.56 Å². The molecule has 1 saturated heterocycles. The highest BCUT2D eigenvalue weighted by atomic mass is 16.5. The van der Waals surface area contributed by atoms with Crippen LogP contribution >= 0.6 is 0 Å². The van der Waals surface area contributed by atoms with Gasteiger partial charge in [0.05, 0.1) is 36.0 Å². The van der Waals surface area contributed by atoms with Crippen molar-refractivity contribution < 1.29 is 9.53 Å². The predicted octanol–water partition coefficient (Wildman–Crippen LogP) is 1.04. The summed E-state index contributed by atoms with van der Waals surface area (Å²) in [5.41, 5.74) is 2.56. The summed E-state index contributed by atoms with van der Waals surface area (Å²) in [6.45, 7) is 0.962. The van der Waals surface area contributed by atoms with E-state index in [2.05, 4.69) is 4.98 Å². The molecule has 3 rings (SSSR count). The third-order valence-corrected chi connectivity index (χ3v) is 3.25. The smallest absolute Gasteiger partial charge is 0.135 e. The van der Waals surface area contributed by atoms with Crippen LogP contribution in [0, 0.1) is 0 Å². The third kappa shape index (κ3) is 1.13. The van der Waals surface area contributed by atoms with Crippen LogP contribution in [0.25, 0.3) is 11.0 Å². The molecular weight excluding hydrogens is 204 g/mol. The Bertz CT molecular complexity index is 555. The van der Waals surface area contributed by atoms with E-state index in [9.17, 15) is 4.79 Å². The van der Waals surface area contributed by atoms with Gasteiger partial charge in [-0.25, -0.2) is 4.98 Å². The average molecular weight is 216 g/mol. The lowest BCUT2D eigenvalue weighted by Crippen LogP contribution is -2.48. The Kier molecular flexibility index (Phi) is 1.88. The van der Waals surface area contributed by atoms with E-state index in [1.165, 1.54) is 0 Å². The highest BCUT2D eigenvalue weighted by Crippen LogP contribution is 2.31. The second-order valence-electron chi connectivity index (χ2n) is 4.33. The number of rotatable bonds is 2. The van der Waals surface area contributed by atoms with Gasteiger partial charge in [0.1, 0.15) is 6.29 Å². The molecule has 0 atom stereocenters. The van der Waals surface area contributed by atoms with Gasteiger partial charge < -0.3 is 14.1 Å². The van der Waals surface area contributed by atoms with Gasteiger partial charge in [-0.05, 0) is 17.7 Å². The number of ether oxygens (including phenoxy) is 1. The first-order valence-corrected chi connectivity index (χ1v) is 5.21. The Morgan fingerprint density at radius 2 is 2.31 bits per heavy atom. The molecule has 1 aromatic carbocycles. The van der Waals surface area contributed by atoms with Gasteiger partial charge in [0, 0.05) is 7.05 Å². The highest BCUT2D eigenvalue weighted by molar-refractivity contribution is 5.79. The number of fused-ring (bicyclic) bond motifs is 1. The van der Waals surface area contributed by atoms with E-state index in [4.69, 9.17) is 4.74 Å². The van der Waals surface area contributed by atoms with Crippen molar-refractivity contribution in [2.75, 3.05) is 13.2 Å². The Hall–Kier alpha value is -1.68. The molecular formula is C12H12N2O2. The van der Waals surface area contributed by atoms with Crippen molar-refractivity contribution in [1.82, 2.24) is 9.55 Å². The van der Waals surface area contributed by atoms with Gasteiger partial charge in [0.2, 0.25) is 0 Å². The molecule has 1 aliphatic rings. The van der Waals surface area contributed by atoms with Crippen LogP contribution in [0.5, 0.6) is 0 Å². The van der Waals surface area contributed by atoms with Gasteiger partial charge in [0.15, 0.2) is 0 Å². The van der Waals surface area contributed by atoms with Crippen molar-refractivity contribution in [2.24, 2.45) is 7.05 Å². The van der Waals surface area contributed by atoms with Crippen LogP contribution in [-0.2, 0) is 22.0 Å². The van der Waals surface area contributed by atoms with Gasteiger partial charge in [-0.3, -0.25) is 0 Å². The summed E-state index contributed by atoms with van der Waals surface area (Å²) < 4.78 is 7.11. The summed E-state index contributed by atoms with van der Waals surface area (Å²) in [6.07, 6.45) is 2.76. The van der Waals surface area contributed by atoms with E-state index in [1.807, 2.05) is 29.8 Å². The normalized spacial score (nSPS) is 18.3. The molecule has 0 aliphatic carbocycles. The standard InChI is InChI=1S/C12H12N2O2/c1-14-8-13-10-4-9(2-3-11(10)14)12(5-15)6-16-7-12/h2-5,8H,6-7H2,1H3. The minimum absolute atomic E-state index is 0.439. The van der Waals surface area contributed by atoms with E-state index < -0.39 is 5.41 Å². The van der Waals surface area contributed by atoms with Crippen molar-refractivity contribution in [1.29, 1.82) is 0 Å². The van der Waals surface area contributed by atoms with Gasteiger partial charge in [-0.15, -0.1) is 0 Å². The molecule has 4 nitrogen and oxygen atoms in total. The zero-order valence-corrected chi connectivity index (χ0v) is 9.01. The van der Waals surface area contributed by atoms with Crippen LogP contribution in [0.15, 0.2) is 24.5 Å². The van der Waals surface area contributed by atoms with E-state index in [0.717, 1.165) is 22.9 Å². The first-order valence-electron chi connectivity index (χ1n) is 5.21. The first-order chi connectivity index (χ1) is 7.75. The second kappa shape index (κ2) is 3.15.